The summed E-state index contributed by atoms with van der Waals surface area (Å²) in [6, 6.07) is 54.8. The van der Waals surface area contributed by atoms with Crippen molar-refractivity contribution in [2.75, 3.05) is 4.90 Å². The molecule has 1 N–H and O–H groups in total. The number of furan rings is 1. The zero-order chi connectivity index (χ0) is 37.5. The molecule has 57 heavy (non-hydrogen) atoms. The first-order valence-corrected chi connectivity index (χ1v) is 20.6. The summed E-state index contributed by atoms with van der Waals surface area (Å²) in [6.45, 7) is 0. The van der Waals surface area contributed by atoms with Crippen molar-refractivity contribution in [1.82, 2.24) is 5.32 Å². The van der Waals surface area contributed by atoms with Crippen LogP contribution in [-0.2, 0) is 0 Å². The number of hydrogen-bond donors (Lipinski definition) is 1. The molecule has 0 saturated carbocycles. The van der Waals surface area contributed by atoms with E-state index >= 15 is 0 Å². The smallest absolute Gasteiger partial charge is 0.170 e. The number of rotatable bonds is 5. The van der Waals surface area contributed by atoms with Gasteiger partial charge in [0.2, 0.25) is 0 Å². The van der Waals surface area contributed by atoms with Gasteiger partial charge in [-0.15, -0.1) is 11.8 Å². The third-order valence-corrected chi connectivity index (χ3v) is 13.3. The molecular weight excluding hydrogens is 717 g/mol. The standard InChI is InChI=1S/C51H36N4OS/c1-3-15-31(16-4-1)49-52-50(32-17-5-2-6-18-32)54-51(53-49)39-25-14-27-42-46(39)45-36-22-8-7-21-35(36)40(30-43(45)56-42)33-19-13-20-34(29-33)55-41-26-11-9-23-37(41)48-47(55)38-24-10-12-28-44(38)57-48/h1-5,7-17,19-30,47-48,51H,6,18H2,(H,52,53,54). The largest absolute Gasteiger partial charge is 0.456 e. The fourth-order valence-electron chi connectivity index (χ4n) is 9.38. The molecule has 4 heterocycles. The van der Waals surface area contributed by atoms with E-state index in [0.29, 0.717) is 5.25 Å². The molecule has 0 spiro atoms. The van der Waals surface area contributed by atoms with Gasteiger partial charge in [0.25, 0.3) is 0 Å². The molecule has 5 nitrogen and oxygen atoms in total. The van der Waals surface area contributed by atoms with Crippen LogP contribution in [0, 0.1) is 0 Å². The Morgan fingerprint density at radius 3 is 2.28 bits per heavy atom. The Hall–Kier alpha value is -6.63. The molecule has 1 aromatic heterocycles. The minimum absolute atomic E-state index is 0.237. The van der Waals surface area contributed by atoms with E-state index in [1.165, 1.54) is 38.4 Å². The molecule has 3 aliphatic heterocycles. The summed E-state index contributed by atoms with van der Waals surface area (Å²) in [5, 5.41) is 8.44. The number of amidine groups is 2. The van der Waals surface area contributed by atoms with Gasteiger partial charge < -0.3 is 14.6 Å². The van der Waals surface area contributed by atoms with E-state index in [2.05, 4.69) is 174 Å². The SMILES string of the molecule is C1=CCCC(C2=NC(c3cccc4oc5cc(-c6cccc(N7c8ccccc8C8Sc9ccccc9C87)c6)c6ccccc6c5c34)N=C(c3ccccc3)N2)=C1. The van der Waals surface area contributed by atoms with Gasteiger partial charge in [-0.25, -0.2) is 9.98 Å². The highest BCUT2D eigenvalue weighted by Gasteiger charge is 2.45. The highest BCUT2D eigenvalue weighted by atomic mass is 32.2. The zero-order valence-corrected chi connectivity index (χ0v) is 31.8. The maximum Gasteiger partial charge on any atom is 0.170 e. The van der Waals surface area contributed by atoms with Crippen molar-refractivity contribution >= 4 is 67.5 Å². The maximum atomic E-state index is 6.83. The third-order valence-electron chi connectivity index (χ3n) is 11.9. The summed E-state index contributed by atoms with van der Waals surface area (Å²) in [6.07, 6.45) is 7.98. The number of para-hydroxylation sites is 1. The molecule has 0 saturated heterocycles. The van der Waals surface area contributed by atoms with E-state index in [1.807, 2.05) is 17.8 Å². The van der Waals surface area contributed by atoms with Crippen LogP contribution < -0.4 is 10.2 Å². The number of nitrogens with zero attached hydrogens (tertiary/aromatic N) is 3. The van der Waals surface area contributed by atoms with Gasteiger partial charge in [-0.1, -0.05) is 133 Å². The second-order valence-electron chi connectivity index (χ2n) is 15.1. The van der Waals surface area contributed by atoms with E-state index < -0.39 is 6.17 Å². The molecule has 0 fully saturated rings. The van der Waals surface area contributed by atoms with Crippen LogP contribution in [-0.4, -0.2) is 11.7 Å². The Balaban J connectivity index is 1.02. The van der Waals surface area contributed by atoms with E-state index in [9.17, 15) is 0 Å². The van der Waals surface area contributed by atoms with E-state index in [0.717, 1.165) is 74.1 Å². The molecule has 272 valence electrons. The van der Waals surface area contributed by atoms with Crippen molar-refractivity contribution in [3.05, 3.63) is 198 Å². The first-order valence-electron chi connectivity index (χ1n) is 19.7. The Morgan fingerprint density at radius 2 is 1.39 bits per heavy atom. The molecular formula is C51H36N4OS. The Morgan fingerprint density at radius 1 is 0.632 bits per heavy atom. The second-order valence-corrected chi connectivity index (χ2v) is 16.3. The van der Waals surface area contributed by atoms with Crippen molar-refractivity contribution in [2.24, 2.45) is 9.98 Å². The van der Waals surface area contributed by atoms with Crippen LogP contribution >= 0.6 is 11.8 Å². The number of hydrogen-bond acceptors (Lipinski definition) is 6. The summed E-state index contributed by atoms with van der Waals surface area (Å²) in [5.74, 6) is 1.70. The quantitative estimate of drug-likeness (QED) is 0.190. The lowest BCUT2D eigenvalue weighted by molar-refractivity contribution is 0.668. The summed E-state index contributed by atoms with van der Waals surface area (Å²) < 4.78 is 6.83. The van der Waals surface area contributed by atoms with Crippen LogP contribution in [0.25, 0.3) is 43.8 Å². The minimum Gasteiger partial charge on any atom is -0.456 e. The molecule has 12 rings (SSSR count). The van der Waals surface area contributed by atoms with Gasteiger partial charge in [0.1, 0.15) is 22.8 Å². The minimum atomic E-state index is -0.450. The van der Waals surface area contributed by atoms with Gasteiger partial charge >= 0.3 is 0 Å². The average molecular weight is 753 g/mol. The van der Waals surface area contributed by atoms with Crippen LogP contribution in [0.15, 0.2) is 195 Å². The van der Waals surface area contributed by atoms with E-state index in [-0.39, 0.29) is 6.04 Å². The Labute approximate surface area is 334 Å². The molecule has 7 aromatic carbocycles. The second kappa shape index (κ2) is 13.0. The summed E-state index contributed by atoms with van der Waals surface area (Å²) in [4.78, 5) is 14.5. The number of thioether (sulfide) groups is 1. The molecule has 1 aliphatic carbocycles. The van der Waals surface area contributed by atoms with Crippen LogP contribution in [0.2, 0.25) is 0 Å². The topological polar surface area (TPSA) is 53.1 Å². The third kappa shape index (κ3) is 5.17. The molecule has 6 heteroatoms. The lowest BCUT2D eigenvalue weighted by atomic mass is 9.93. The van der Waals surface area contributed by atoms with Crippen molar-refractivity contribution in [3.8, 4) is 11.1 Å². The van der Waals surface area contributed by atoms with Crippen molar-refractivity contribution < 1.29 is 4.42 Å². The zero-order valence-electron chi connectivity index (χ0n) is 31.0. The highest BCUT2D eigenvalue weighted by molar-refractivity contribution is 8.00. The highest BCUT2D eigenvalue weighted by Crippen LogP contribution is 2.64. The van der Waals surface area contributed by atoms with E-state index in [1.54, 1.807) is 0 Å². The Kier molecular flexibility index (Phi) is 7.42. The lowest BCUT2D eigenvalue weighted by Crippen LogP contribution is -2.36. The van der Waals surface area contributed by atoms with Gasteiger partial charge in [0, 0.05) is 38.2 Å². The first-order chi connectivity index (χ1) is 28.3. The number of nitrogens with one attached hydrogen (secondary N) is 1. The number of anilines is 2. The summed E-state index contributed by atoms with van der Waals surface area (Å²) in [5.41, 5.74) is 12.5. The van der Waals surface area contributed by atoms with Gasteiger partial charge in [0.15, 0.2) is 6.17 Å². The van der Waals surface area contributed by atoms with Crippen molar-refractivity contribution in [2.45, 2.75) is 35.2 Å². The van der Waals surface area contributed by atoms with Crippen LogP contribution in [0.4, 0.5) is 11.4 Å². The fourth-order valence-corrected chi connectivity index (χ4v) is 10.9. The molecule has 0 radical (unpaired) electrons. The van der Waals surface area contributed by atoms with Gasteiger partial charge in [-0.3, -0.25) is 0 Å². The van der Waals surface area contributed by atoms with Gasteiger partial charge in [0.05, 0.1) is 11.3 Å². The summed E-state index contributed by atoms with van der Waals surface area (Å²) in [7, 11) is 0. The molecule has 3 atom stereocenters. The van der Waals surface area contributed by atoms with Crippen molar-refractivity contribution in [1.29, 1.82) is 0 Å². The maximum absolute atomic E-state index is 6.83. The van der Waals surface area contributed by atoms with Crippen molar-refractivity contribution in [3.63, 3.8) is 0 Å². The number of allylic oxidation sites excluding steroid dienone is 3. The van der Waals surface area contributed by atoms with E-state index in [4.69, 9.17) is 14.4 Å². The fraction of sp³-hybridized carbons (Fsp3) is 0.0980. The lowest BCUT2D eigenvalue weighted by Gasteiger charge is -2.28. The molecule has 3 unspecified atom stereocenters. The monoisotopic (exact) mass is 752 g/mol. The number of aliphatic imine (C=N–C) groups is 2. The van der Waals surface area contributed by atoms with Crippen LogP contribution in [0.3, 0.4) is 0 Å². The summed E-state index contributed by atoms with van der Waals surface area (Å²) >= 11 is 1.99. The molecule has 8 aromatic rings. The van der Waals surface area contributed by atoms with Gasteiger partial charge in [-0.2, -0.15) is 0 Å². The molecule has 0 bridgehead atoms. The first kappa shape index (κ1) is 32.6. The number of benzene rings is 7. The van der Waals surface area contributed by atoms with Crippen LogP contribution in [0.1, 0.15) is 52.6 Å². The molecule has 0 amide bonds. The predicted molar refractivity (Wildman–Crippen MR) is 236 cm³/mol. The normalized spacial score (nSPS) is 19.5. The average Bonchev–Trinajstić information content (AvgIpc) is 3.96. The van der Waals surface area contributed by atoms with Crippen LogP contribution in [0.5, 0.6) is 0 Å². The Bertz CT molecular complexity index is 3070. The molecule has 4 aliphatic rings. The van der Waals surface area contributed by atoms with Gasteiger partial charge in [-0.05, 0) is 87.8 Å². The number of fused-ring (bicyclic) bond motifs is 10. The predicted octanol–water partition coefficient (Wildman–Crippen LogP) is 13.2.